The molecule has 0 bridgehead atoms. The van der Waals surface area contributed by atoms with Gasteiger partial charge < -0.3 is 9.80 Å². The summed E-state index contributed by atoms with van der Waals surface area (Å²) < 4.78 is 0. The molecule has 2 unspecified atom stereocenters. The van der Waals surface area contributed by atoms with Gasteiger partial charge in [-0.25, -0.2) is 0 Å². The Morgan fingerprint density at radius 2 is 1.79 bits per heavy atom. The van der Waals surface area contributed by atoms with E-state index in [0.717, 1.165) is 69.7 Å². The molecule has 2 aliphatic heterocycles. The highest BCUT2D eigenvalue weighted by Gasteiger charge is 2.53. The van der Waals surface area contributed by atoms with E-state index in [0.29, 0.717) is 0 Å². The van der Waals surface area contributed by atoms with Crippen LogP contribution >= 0.6 is 0 Å². The van der Waals surface area contributed by atoms with Crippen molar-refractivity contribution < 1.29 is 4.79 Å². The minimum absolute atomic E-state index is 0.0895. The van der Waals surface area contributed by atoms with E-state index in [2.05, 4.69) is 59.8 Å². The number of fused-ring (bicyclic) bond motifs is 1. The number of aliphatic imine (C=N–C) groups is 1. The zero-order chi connectivity index (χ0) is 20.0. The Morgan fingerprint density at radius 1 is 1.07 bits per heavy atom. The molecule has 3 rings (SSSR count). The molecule has 0 radical (unpaired) electrons. The quantitative estimate of drug-likeness (QED) is 0.623. The molecule has 28 heavy (non-hydrogen) atoms. The predicted molar refractivity (Wildman–Crippen MR) is 117 cm³/mol. The summed E-state index contributed by atoms with van der Waals surface area (Å²) in [6.45, 7) is 10.8. The van der Waals surface area contributed by atoms with Crippen molar-refractivity contribution >= 4 is 11.7 Å². The van der Waals surface area contributed by atoms with Crippen LogP contribution in [-0.4, -0.2) is 53.8 Å². The van der Waals surface area contributed by atoms with E-state index in [1.54, 1.807) is 0 Å². The van der Waals surface area contributed by atoms with Gasteiger partial charge in [0.05, 0.1) is 5.41 Å². The molecule has 0 aliphatic carbocycles. The SMILES string of the molecule is CCCN(CCC)CCC1(c2ccccc2)C(=O)N=C(CC)N2CCCCC21. The molecule has 4 heteroatoms. The second-order valence-corrected chi connectivity index (χ2v) is 8.32. The summed E-state index contributed by atoms with van der Waals surface area (Å²) in [5.74, 6) is 1.09. The fraction of sp³-hybridized carbons (Fsp3) is 0.667. The van der Waals surface area contributed by atoms with E-state index >= 15 is 0 Å². The van der Waals surface area contributed by atoms with Gasteiger partial charge in [0.25, 0.3) is 5.91 Å². The lowest BCUT2D eigenvalue weighted by Gasteiger charge is -2.51. The fourth-order valence-electron chi connectivity index (χ4n) is 5.23. The van der Waals surface area contributed by atoms with Gasteiger partial charge in [0, 0.05) is 19.0 Å². The lowest BCUT2D eigenvalue weighted by molar-refractivity contribution is -0.128. The van der Waals surface area contributed by atoms with Crippen LogP contribution < -0.4 is 0 Å². The van der Waals surface area contributed by atoms with Crippen LogP contribution in [0.5, 0.6) is 0 Å². The van der Waals surface area contributed by atoms with Gasteiger partial charge in [0.1, 0.15) is 5.84 Å². The second kappa shape index (κ2) is 9.69. The van der Waals surface area contributed by atoms with Crippen LogP contribution in [0.2, 0.25) is 0 Å². The molecular formula is C24H37N3O. The zero-order valence-electron chi connectivity index (χ0n) is 18.0. The smallest absolute Gasteiger partial charge is 0.260 e. The Morgan fingerprint density at radius 3 is 2.43 bits per heavy atom. The van der Waals surface area contributed by atoms with Gasteiger partial charge in [-0.15, -0.1) is 0 Å². The highest BCUT2D eigenvalue weighted by Crippen LogP contribution is 2.43. The second-order valence-electron chi connectivity index (χ2n) is 8.32. The average Bonchev–Trinajstić information content (AvgIpc) is 2.73. The molecule has 4 nitrogen and oxygen atoms in total. The van der Waals surface area contributed by atoms with E-state index in [1.165, 1.54) is 12.8 Å². The molecule has 1 aromatic rings. The number of amides is 1. The first-order valence-electron chi connectivity index (χ1n) is 11.3. The Bertz CT molecular complexity index is 666. The number of piperidine rings is 1. The first-order valence-corrected chi connectivity index (χ1v) is 11.3. The summed E-state index contributed by atoms with van der Waals surface area (Å²) in [4.78, 5) is 23.3. The number of carbonyl (C=O) groups is 1. The molecule has 1 aromatic carbocycles. The molecule has 0 saturated carbocycles. The van der Waals surface area contributed by atoms with Gasteiger partial charge in [-0.2, -0.15) is 4.99 Å². The van der Waals surface area contributed by atoms with Crippen LogP contribution in [-0.2, 0) is 10.2 Å². The van der Waals surface area contributed by atoms with E-state index in [1.807, 2.05) is 6.07 Å². The monoisotopic (exact) mass is 383 g/mol. The van der Waals surface area contributed by atoms with Crippen LogP contribution in [0.15, 0.2) is 35.3 Å². The number of amidine groups is 1. The largest absolute Gasteiger partial charge is 0.356 e. The van der Waals surface area contributed by atoms with E-state index in [9.17, 15) is 4.79 Å². The standard InChI is InChI=1S/C24H37N3O/c1-4-16-26(17-5-2)19-15-24(20-12-8-7-9-13-20)21-14-10-11-18-27(21)22(6-3)25-23(24)28/h7-9,12-13,21H,4-6,10-11,14-19H2,1-3H3. The molecule has 154 valence electrons. The molecule has 2 aliphatic rings. The minimum atomic E-state index is -0.514. The van der Waals surface area contributed by atoms with Crippen LogP contribution in [0.4, 0.5) is 0 Å². The highest BCUT2D eigenvalue weighted by atomic mass is 16.2. The zero-order valence-corrected chi connectivity index (χ0v) is 18.0. The van der Waals surface area contributed by atoms with Crippen molar-refractivity contribution in [3.05, 3.63) is 35.9 Å². The Kier molecular flexibility index (Phi) is 7.28. The number of benzene rings is 1. The lowest BCUT2D eigenvalue weighted by atomic mass is 9.66. The summed E-state index contributed by atoms with van der Waals surface area (Å²) in [7, 11) is 0. The van der Waals surface area contributed by atoms with E-state index in [-0.39, 0.29) is 11.9 Å². The molecule has 1 saturated heterocycles. The third-order valence-electron chi connectivity index (χ3n) is 6.52. The fourth-order valence-corrected chi connectivity index (χ4v) is 5.23. The Labute approximate surface area is 171 Å². The molecule has 2 atom stereocenters. The van der Waals surface area contributed by atoms with Crippen molar-refractivity contribution in [2.45, 2.75) is 77.2 Å². The van der Waals surface area contributed by atoms with Gasteiger partial charge in [-0.3, -0.25) is 4.79 Å². The summed E-state index contributed by atoms with van der Waals surface area (Å²) >= 11 is 0. The van der Waals surface area contributed by atoms with Gasteiger partial charge >= 0.3 is 0 Å². The molecule has 0 spiro atoms. The van der Waals surface area contributed by atoms with Crippen molar-refractivity contribution in [3.63, 3.8) is 0 Å². The molecule has 0 aromatic heterocycles. The van der Waals surface area contributed by atoms with Crippen LogP contribution in [0.1, 0.15) is 71.3 Å². The normalized spacial score (nSPS) is 25.0. The summed E-state index contributed by atoms with van der Waals surface area (Å²) in [5, 5.41) is 0. The maximum absolute atomic E-state index is 13.6. The summed E-state index contributed by atoms with van der Waals surface area (Å²) in [5.41, 5.74) is 0.642. The molecule has 2 heterocycles. The topological polar surface area (TPSA) is 35.9 Å². The first-order chi connectivity index (χ1) is 13.7. The van der Waals surface area contributed by atoms with Crippen molar-refractivity contribution in [2.24, 2.45) is 4.99 Å². The van der Waals surface area contributed by atoms with Crippen molar-refractivity contribution in [3.8, 4) is 0 Å². The van der Waals surface area contributed by atoms with Gasteiger partial charge in [0.2, 0.25) is 0 Å². The molecular weight excluding hydrogens is 346 g/mol. The number of carbonyl (C=O) groups excluding carboxylic acids is 1. The lowest BCUT2D eigenvalue weighted by Crippen LogP contribution is -2.62. The third kappa shape index (κ3) is 4.03. The Hall–Kier alpha value is -1.68. The average molecular weight is 384 g/mol. The first kappa shape index (κ1) is 21.0. The van der Waals surface area contributed by atoms with Crippen LogP contribution in [0.25, 0.3) is 0 Å². The maximum Gasteiger partial charge on any atom is 0.260 e. The maximum atomic E-state index is 13.6. The van der Waals surface area contributed by atoms with Crippen molar-refractivity contribution in [2.75, 3.05) is 26.2 Å². The molecule has 1 amide bonds. The molecule has 1 fully saturated rings. The summed E-state index contributed by atoms with van der Waals surface area (Å²) in [6, 6.07) is 10.7. The van der Waals surface area contributed by atoms with Crippen molar-refractivity contribution in [1.82, 2.24) is 9.80 Å². The number of hydrogen-bond acceptors (Lipinski definition) is 3. The number of rotatable bonds is 9. The van der Waals surface area contributed by atoms with Crippen LogP contribution in [0, 0.1) is 0 Å². The number of nitrogens with zero attached hydrogens (tertiary/aromatic N) is 3. The van der Waals surface area contributed by atoms with E-state index < -0.39 is 5.41 Å². The third-order valence-corrected chi connectivity index (χ3v) is 6.52. The number of hydrogen-bond donors (Lipinski definition) is 0. The Balaban J connectivity index is 2.01. The van der Waals surface area contributed by atoms with Crippen LogP contribution in [0.3, 0.4) is 0 Å². The van der Waals surface area contributed by atoms with Gasteiger partial charge in [-0.1, -0.05) is 51.1 Å². The van der Waals surface area contributed by atoms with Gasteiger partial charge in [0.15, 0.2) is 0 Å². The summed E-state index contributed by atoms with van der Waals surface area (Å²) in [6.07, 6.45) is 7.49. The van der Waals surface area contributed by atoms with E-state index in [4.69, 9.17) is 0 Å². The highest BCUT2D eigenvalue weighted by molar-refractivity contribution is 6.03. The van der Waals surface area contributed by atoms with Crippen molar-refractivity contribution in [1.29, 1.82) is 0 Å². The molecule has 0 N–H and O–H groups in total. The van der Waals surface area contributed by atoms with Gasteiger partial charge in [-0.05, 0) is 63.7 Å². The predicted octanol–water partition coefficient (Wildman–Crippen LogP) is 4.64. The minimum Gasteiger partial charge on any atom is -0.356 e.